The van der Waals surface area contributed by atoms with E-state index in [2.05, 4.69) is 91.5 Å². The number of hydrogen-bond donors (Lipinski definition) is 0. The second-order valence-electron chi connectivity index (χ2n) is 8.11. The molecular weight excluding hydrogens is 386 g/mol. The van der Waals surface area contributed by atoms with Gasteiger partial charge in [-0.2, -0.15) is 0 Å². The van der Waals surface area contributed by atoms with Crippen molar-refractivity contribution in [2.75, 3.05) is 0 Å². The molecular formula is C27H18NOS+. The molecule has 0 saturated carbocycles. The Morgan fingerprint density at radius 3 is 2.50 bits per heavy atom. The highest BCUT2D eigenvalue weighted by Gasteiger charge is 2.31. The van der Waals surface area contributed by atoms with E-state index in [0.29, 0.717) is 0 Å². The maximum Gasteiger partial charge on any atom is 0.228 e. The number of pyridine rings is 1. The zero-order valence-electron chi connectivity index (χ0n) is 16.7. The number of thiophene rings is 1. The van der Waals surface area contributed by atoms with Gasteiger partial charge in [0.15, 0.2) is 6.20 Å². The number of fused-ring (bicyclic) bond motifs is 7. The summed E-state index contributed by atoms with van der Waals surface area (Å²) in [5.41, 5.74) is 3.72. The average Bonchev–Trinajstić information content (AvgIpc) is 3.14. The van der Waals surface area contributed by atoms with Crippen LogP contribution in [0.25, 0.3) is 53.0 Å². The van der Waals surface area contributed by atoms with Crippen LogP contribution in [0, 0.1) is 6.92 Å². The van der Waals surface area contributed by atoms with Crippen molar-refractivity contribution < 1.29 is 9.30 Å². The molecule has 7 rings (SSSR count). The van der Waals surface area contributed by atoms with Crippen molar-refractivity contribution in [2.45, 2.75) is 6.92 Å². The molecule has 0 bridgehead atoms. The normalized spacial score (nSPS) is 12.6. The SMILES string of the molecule is Cc1c2c(cc3ccccc13)Oc1cc3c4ccccc4sc3c3cc[n+](C)c-2c13. The van der Waals surface area contributed by atoms with Crippen LogP contribution in [-0.4, -0.2) is 0 Å². The summed E-state index contributed by atoms with van der Waals surface area (Å²) in [5, 5.41) is 7.56. The molecule has 0 fully saturated rings. The van der Waals surface area contributed by atoms with E-state index in [1.807, 2.05) is 11.3 Å². The first-order chi connectivity index (χ1) is 14.7. The molecule has 1 aliphatic rings. The van der Waals surface area contributed by atoms with Gasteiger partial charge < -0.3 is 4.74 Å². The summed E-state index contributed by atoms with van der Waals surface area (Å²) in [7, 11) is 2.14. The zero-order valence-corrected chi connectivity index (χ0v) is 17.5. The molecule has 4 aromatic carbocycles. The Balaban J connectivity index is 1.71. The molecule has 30 heavy (non-hydrogen) atoms. The number of nitrogens with zero attached hydrogens (tertiary/aromatic N) is 1. The largest absolute Gasteiger partial charge is 0.456 e. The standard InChI is InChI=1S/C27H18NOS/c1-15-17-8-4-3-7-16(17)13-21-24(15)26-25-19(11-12-28(26)2)27-20(14-22(25)29-21)18-9-5-6-10-23(18)30-27/h3-14H,1-2H3/q+1. The highest BCUT2D eigenvalue weighted by Crippen LogP contribution is 2.51. The summed E-state index contributed by atoms with van der Waals surface area (Å²) in [5.74, 6) is 1.90. The first-order valence-electron chi connectivity index (χ1n) is 10.2. The van der Waals surface area contributed by atoms with Gasteiger partial charge in [-0.05, 0) is 41.5 Å². The van der Waals surface area contributed by atoms with Gasteiger partial charge in [-0.15, -0.1) is 11.3 Å². The van der Waals surface area contributed by atoms with Crippen LogP contribution in [0.2, 0.25) is 0 Å². The number of aryl methyl sites for hydroxylation is 2. The van der Waals surface area contributed by atoms with Gasteiger partial charge in [-0.1, -0.05) is 42.5 Å². The van der Waals surface area contributed by atoms with E-state index in [9.17, 15) is 0 Å². The Morgan fingerprint density at radius 2 is 1.60 bits per heavy atom. The quantitative estimate of drug-likeness (QED) is 0.242. The van der Waals surface area contributed by atoms with Crippen LogP contribution in [0.15, 0.2) is 72.9 Å². The third-order valence-electron chi connectivity index (χ3n) is 6.45. The lowest BCUT2D eigenvalue weighted by molar-refractivity contribution is -0.659. The highest BCUT2D eigenvalue weighted by atomic mass is 32.1. The van der Waals surface area contributed by atoms with Crippen LogP contribution in [0.3, 0.4) is 0 Å². The molecule has 142 valence electrons. The molecule has 1 aliphatic heterocycles. The van der Waals surface area contributed by atoms with Crippen molar-refractivity contribution in [1.82, 2.24) is 0 Å². The Kier molecular flexibility index (Phi) is 3.05. The van der Waals surface area contributed by atoms with Crippen molar-refractivity contribution >= 4 is 53.1 Å². The summed E-state index contributed by atoms with van der Waals surface area (Å²) < 4.78 is 11.5. The Labute approximate surface area is 177 Å². The molecule has 0 N–H and O–H groups in total. The van der Waals surface area contributed by atoms with Crippen molar-refractivity contribution in [3.05, 3.63) is 78.5 Å². The summed E-state index contributed by atoms with van der Waals surface area (Å²) in [4.78, 5) is 0. The number of benzene rings is 4. The van der Waals surface area contributed by atoms with Crippen molar-refractivity contribution in [3.8, 4) is 22.8 Å². The van der Waals surface area contributed by atoms with Gasteiger partial charge in [-0.3, -0.25) is 0 Å². The molecule has 0 unspecified atom stereocenters. The third kappa shape index (κ3) is 1.95. The molecule has 0 radical (unpaired) electrons. The van der Waals surface area contributed by atoms with E-state index < -0.39 is 0 Å². The Morgan fingerprint density at radius 1 is 0.800 bits per heavy atom. The summed E-state index contributed by atoms with van der Waals surface area (Å²) >= 11 is 1.87. The van der Waals surface area contributed by atoms with Crippen LogP contribution < -0.4 is 9.30 Å². The van der Waals surface area contributed by atoms with Crippen molar-refractivity contribution in [2.24, 2.45) is 7.05 Å². The predicted octanol–water partition coefficient (Wildman–Crippen LogP) is 7.27. The van der Waals surface area contributed by atoms with Crippen molar-refractivity contribution in [1.29, 1.82) is 0 Å². The number of aromatic nitrogens is 1. The first-order valence-corrected chi connectivity index (χ1v) is 11.0. The van der Waals surface area contributed by atoms with Crippen LogP contribution in [0.5, 0.6) is 11.5 Å². The third-order valence-corrected chi connectivity index (χ3v) is 7.67. The molecule has 0 aliphatic carbocycles. The predicted molar refractivity (Wildman–Crippen MR) is 126 cm³/mol. The van der Waals surface area contributed by atoms with Crippen LogP contribution in [-0.2, 0) is 7.05 Å². The second kappa shape index (κ2) is 5.59. The fraction of sp³-hybridized carbons (Fsp3) is 0.0741. The van der Waals surface area contributed by atoms with Gasteiger partial charge in [0.1, 0.15) is 18.5 Å². The highest BCUT2D eigenvalue weighted by molar-refractivity contribution is 7.26. The number of hydrogen-bond acceptors (Lipinski definition) is 2. The summed E-state index contributed by atoms with van der Waals surface area (Å²) in [6.07, 6.45) is 2.19. The lowest BCUT2D eigenvalue weighted by Crippen LogP contribution is -2.31. The van der Waals surface area contributed by atoms with Gasteiger partial charge in [-0.25, -0.2) is 4.57 Å². The van der Waals surface area contributed by atoms with E-state index in [-0.39, 0.29) is 0 Å². The molecule has 0 atom stereocenters. The average molecular weight is 405 g/mol. The fourth-order valence-corrected chi connectivity index (χ4v) is 6.28. The van der Waals surface area contributed by atoms with Gasteiger partial charge in [0.25, 0.3) is 0 Å². The lowest BCUT2D eigenvalue weighted by atomic mass is 9.91. The molecule has 6 aromatic rings. The van der Waals surface area contributed by atoms with Crippen LogP contribution in [0.4, 0.5) is 0 Å². The van der Waals surface area contributed by atoms with E-state index in [4.69, 9.17) is 4.74 Å². The van der Waals surface area contributed by atoms with Gasteiger partial charge in [0.05, 0.1) is 10.9 Å². The van der Waals surface area contributed by atoms with E-state index in [1.54, 1.807) is 0 Å². The molecule has 3 heteroatoms. The van der Waals surface area contributed by atoms with Crippen LogP contribution in [0.1, 0.15) is 5.56 Å². The molecule has 3 heterocycles. The van der Waals surface area contributed by atoms with E-state index >= 15 is 0 Å². The first kappa shape index (κ1) is 16.4. The second-order valence-corrected chi connectivity index (χ2v) is 9.16. The van der Waals surface area contributed by atoms with Crippen LogP contribution >= 0.6 is 11.3 Å². The minimum Gasteiger partial charge on any atom is -0.456 e. The summed E-state index contributed by atoms with van der Waals surface area (Å²) in [6.45, 7) is 2.21. The van der Waals surface area contributed by atoms with Crippen molar-refractivity contribution in [3.63, 3.8) is 0 Å². The molecule has 2 aromatic heterocycles. The zero-order chi connectivity index (χ0) is 20.0. The van der Waals surface area contributed by atoms with E-state index in [1.165, 1.54) is 58.5 Å². The number of ether oxygens (including phenoxy) is 1. The molecule has 0 saturated heterocycles. The topological polar surface area (TPSA) is 13.1 Å². The Bertz CT molecular complexity index is 1690. The van der Waals surface area contributed by atoms with Gasteiger partial charge in [0, 0.05) is 31.6 Å². The van der Waals surface area contributed by atoms with Gasteiger partial charge >= 0.3 is 0 Å². The Hall–Kier alpha value is -3.43. The minimum atomic E-state index is 0.945. The molecule has 2 nitrogen and oxygen atoms in total. The minimum absolute atomic E-state index is 0.945. The molecule has 0 amide bonds. The maximum atomic E-state index is 6.61. The number of rotatable bonds is 0. The fourth-order valence-electron chi connectivity index (χ4n) is 5.07. The van der Waals surface area contributed by atoms with E-state index in [0.717, 1.165) is 11.5 Å². The summed E-state index contributed by atoms with van der Waals surface area (Å²) in [6, 6.07) is 23.9. The smallest absolute Gasteiger partial charge is 0.228 e. The molecule has 0 spiro atoms. The maximum absolute atomic E-state index is 6.61. The lowest BCUT2D eigenvalue weighted by Gasteiger charge is -2.22. The monoisotopic (exact) mass is 404 g/mol. The van der Waals surface area contributed by atoms with Gasteiger partial charge in [0.2, 0.25) is 5.69 Å².